The second-order valence-electron chi connectivity index (χ2n) is 8.80. The van der Waals surface area contributed by atoms with Crippen molar-refractivity contribution in [2.75, 3.05) is 29.9 Å². The molecule has 3 amide bonds. The molecule has 2 aliphatic heterocycles. The lowest BCUT2D eigenvalue weighted by molar-refractivity contribution is -0.117. The lowest BCUT2D eigenvalue weighted by Crippen LogP contribution is -2.41. The fraction of sp³-hybridized carbons (Fsp3) is 0.417. The van der Waals surface area contributed by atoms with Gasteiger partial charge in [0.15, 0.2) is 0 Å². The van der Waals surface area contributed by atoms with Crippen molar-refractivity contribution in [1.29, 1.82) is 0 Å². The van der Waals surface area contributed by atoms with Crippen molar-refractivity contribution < 1.29 is 18.0 Å². The maximum Gasteiger partial charge on any atom is 0.324 e. The van der Waals surface area contributed by atoms with Gasteiger partial charge in [0, 0.05) is 31.0 Å². The Morgan fingerprint density at radius 1 is 0.970 bits per heavy atom. The molecule has 2 aromatic rings. The molecule has 8 nitrogen and oxygen atoms in total. The monoisotopic (exact) mass is 470 g/mol. The van der Waals surface area contributed by atoms with E-state index in [2.05, 4.69) is 10.0 Å². The summed E-state index contributed by atoms with van der Waals surface area (Å²) in [6.45, 7) is 7.51. The lowest BCUT2D eigenvalue weighted by Gasteiger charge is -2.24. The molecule has 9 heteroatoms. The van der Waals surface area contributed by atoms with E-state index in [0.29, 0.717) is 18.7 Å². The number of nitrogens with one attached hydrogen (secondary N) is 2. The number of hydrogen-bond donors (Lipinski definition) is 2. The lowest BCUT2D eigenvalue weighted by atomic mass is 10.1. The average molecular weight is 471 g/mol. The van der Waals surface area contributed by atoms with Gasteiger partial charge in [0.1, 0.15) is 0 Å². The molecule has 0 saturated carbocycles. The minimum Gasteiger partial charge on any atom is -0.325 e. The Labute approximate surface area is 195 Å². The van der Waals surface area contributed by atoms with Gasteiger partial charge in [0.05, 0.1) is 10.9 Å². The van der Waals surface area contributed by atoms with Crippen LogP contribution in [0.2, 0.25) is 0 Å². The van der Waals surface area contributed by atoms with Crippen LogP contribution in [0, 0.1) is 13.8 Å². The van der Waals surface area contributed by atoms with E-state index < -0.39 is 22.0 Å². The molecule has 0 spiro atoms. The van der Waals surface area contributed by atoms with E-state index in [-0.39, 0.29) is 10.9 Å². The highest BCUT2D eigenvalue weighted by Crippen LogP contribution is 2.31. The minimum absolute atomic E-state index is 0.0170. The summed E-state index contributed by atoms with van der Waals surface area (Å²) < 4.78 is 28.3. The number of sulfonamides is 1. The summed E-state index contributed by atoms with van der Waals surface area (Å²) in [5, 5.41) is 2.76. The molecule has 0 aromatic heterocycles. The average Bonchev–Trinajstić information content (AvgIpc) is 3.45. The maximum absolute atomic E-state index is 12.9. The van der Waals surface area contributed by atoms with Crippen LogP contribution in [0.1, 0.15) is 36.5 Å². The molecule has 2 N–H and O–H groups in total. The van der Waals surface area contributed by atoms with E-state index in [0.717, 1.165) is 48.3 Å². The van der Waals surface area contributed by atoms with Crippen molar-refractivity contribution in [2.45, 2.75) is 51.0 Å². The summed E-state index contributed by atoms with van der Waals surface area (Å²) in [6, 6.07) is 9.34. The topological polar surface area (TPSA) is 98.8 Å². The van der Waals surface area contributed by atoms with Gasteiger partial charge in [-0.05, 0) is 87.1 Å². The Balaban J connectivity index is 1.44. The summed E-state index contributed by atoms with van der Waals surface area (Å²) >= 11 is 0. The van der Waals surface area contributed by atoms with Crippen LogP contribution < -0.4 is 14.9 Å². The number of benzene rings is 2. The number of anilines is 2. The number of urea groups is 1. The summed E-state index contributed by atoms with van der Waals surface area (Å²) in [4.78, 5) is 29.0. The van der Waals surface area contributed by atoms with E-state index in [1.54, 1.807) is 23.1 Å². The number of rotatable bonds is 5. The largest absolute Gasteiger partial charge is 0.325 e. The van der Waals surface area contributed by atoms with E-state index in [1.807, 2.05) is 30.9 Å². The molecule has 4 rings (SSSR count). The fourth-order valence-corrected chi connectivity index (χ4v) is 5.50. The number of nitrogens with zero attached hydrogens (tertiary/aromatic N) is 2. The second-order valence-corrected chi connectivity index (χ2v) is 10.5. The predicted molar refractivity (Wildman–Crippen MR) is 128 cm³/mol. The molecule has 1 saturated heterocycles. The zero-order chi connectivity index (χ0) is 23.8. The Morgan fingerprint density at radius 3 is 2.39 bits per heavy atom. The quantitative estimate of drug-likeness (QED) is 0.701. The summed E-state index contributed by atoms with van der Waals surface area (Å²) in [5.74, 6) is -0.439. The fourth-order valence-electron chi connectivity index (χ4n) is 4.25. The van der Waals surface area contributed by atoms with Gasteiger partial charge in [-0.3, -0.25) is 9.69 Å². The predicted octanol–water partition coefficient (Wildman–Crippen LogP) is 3.19. The van der Waals surface area contributed by atoms with Crippen LogP contribution in [-0.4, -0.2) is 50.9 Å². The zero-order valence-electron chi connectivity index (χ0n) is 19.2. The van der Waals surface area contributed by atoms with Crippen LogP contribution in [0.15, 0.2) is 41.3 Å². The van der Waals surface area contributed by atoms with Crippen LogP contribution in [0.3, 0.4) is 0 Å². The molecule has 33 heavy (non-hydrogen) atoms. The van der Waals surface area contributed by atoms with Gasteiger partial charge >= 0.3 is 6.03 Å². The van der Waals surface area contributed by atoms with Gasteiger partial charge in [0.2, 0.25) is 15.9 Å². The summed E-state index contributed by atoms with van der Waals surface area (Å²) in [6.07, 6.45) is 2.64. The number of likely N-dealkylation sites (tertiary alicyclic amines) is 1. The van der Waals surface area contributed by atoms with Crippen molar-refractivity contribution in [2.24, 2.45) is 0 Å². The molecule has 1 atom stereocenters. The van der Waals surface area contributed by atoms with Crippen LogP contribution in [0.25, 0.3) is 0 Å². The first-order valence-corrected chi connectivity index (χ1v) is 12.7. The Morgan fingerprint density at radius 2 is 1.70 bits per heavy atom. The standard InChI is InChI=1S/C24H30N4O4S/c1-16-6-7-20(14-17(16)2)25-23(29)18(3)26-33(31,32)21-8-9-22-19(15-21)10-13-28(22)24(30)27-11-4-5-12-27/h6-9,14-15,18,26H,4-5,10-13H2,1-3H3,(H,25,29)/t18-/m0/s1. The number of aryl methyl sites for hydroxylation is 2. The highest BCUT2D eigenvalue weighted by Gasteiger charge is 2.31. The van der Waals surface area contributed by atoms with Gasteiger partial charge in [-0.2, -0.15) is 4.72 Å². The number of carbonyl (C=O) groups is 2. The van der Waals surface area contributed by atoms with E-state index in [1.165, 1.54) is 13.0 Å². The number of carbonyl (C=O) groups excluding carboxylic acids is 2. The van der Waals surface area contributed by atoms with Crippen LogP contribution in [-0.2, 0) is 21.2 Å². The SMILES string of the molecule is Cc1ccc(NC(=O)[C@H](C)NS(=O)(=O)c2ccc3c(c2)CCN3C(=O)N2CCCC2)cc1C. The second kappa shape index (κ2) is 9.15. The molecule has 2 aromatic carbocycles. The molecule has 1 fully saturated rings. The number of amides is 3. The first kappa shape index (κ1) is 23.3. The van der Waals surface area contributed by atoms with Crippen molar-refractivity contribution >= 4 is 33.3 Å². The normalized spacial score (nSPS) is 16.6. The third-order valence-corrected chi connectivity index (χ3v) is 7.90. The van der Waals surface area contributed by atoms with Crippen molar-refractivity contribution in [1.82, 2.24) is 9.62 Å². The molecular formula is C24H30N4O4S. The van der Waals surface area contributed by atoms with Gasteiger partial charge in [-0.25, -0.2) is 13.2 Å². The maximum atomic E-state index is 12.9. The molecule has 0 bridgehead atoms. The van der Waals surface area contributed by atoms with Gasteiger partial charge in [0.25, 0.3) is 0 Å². The van der Waals surface area contributed by atoms with Crippen LogP contribution in [0.5, 0.6) is 0 Å². The van der Waals surface area contributed by atoms with Crippen LogP contribution in [0.4, 0.5) is 16.2 Å². The third-order valence-electron chi connectivity index (χ3n) is 6.36. The van der Waals surface area contributed by atoms with Gasteiger partial charge in [-0.1, -0.05) is 6.07 Å². The molecule has 0 aliphatic carbocycles. The number of hydrogen-bond acceptors (Lipinski definition) is 4. The van der Waals surface area contributed by atoms with Gasteiger partial charge in [-0.15, -0.1) is 0 Å². The molecule has 2 heterocycles. The first-order chi connectivity index (χ1) is 15.7. The highest BCUT2D eigenvalue weighted by atomic mass is 32.2. The van der Waals surface area contributed by atoms with Gasteiger partial charge < -0.3 is 10.2 Å². The zero-order valence-corrected chi connectivity index (χ0v) is 20.0. The molecule has 0 radical (unpaired) electrons. The Bertz CT molecular complexity index is 1190. The summed E-state index contributed by atoms with van der Waals surface area (Å²) in [7, 11) is -3.91. The minimum atomic E-state index is -3.91. The van der Waals surface area contributed by atoms with E-state index in [9.17, 15) is 18.0 Å². The smallest absolute Gasteiger partial charge is 0.324 e. The Hall–Kier alpha value is -2.91. The van der Waals surface area contributed by atoms with E-state index in [4.69, 9.17) is 0 Å². The molecular weight excluding hydrogens is 440 g/mol. The van der Waals surface area contributed by atoms with Crippen molar-refractivity contribution in [3.63, 3.8) is 0 Å². The molecule has 0 unspecified atom stereocenters. The van der Waals surface area contributed by atoms with E-state index >= 15 is 0 Å². The molecule has 2 aliphatic rings. The molecule has 176 valence electrons. The Kier molecular flexibility index (Phi) is 6.45. The number of fused-ring (bicyclic) bond motifs is 1. The summed E-state index contributed by atoms with van der Waals surface area (Å²) in [5.41, 5.74) is 4.34. The third kappa shape index (κ3) is 4.89. The van der Waals surface area contributed by atoms with Crippen LogP contribution >= 0.6 is 0 Å². The first-order valence-electron chi connectivity index (χ1n) is 11.3. The van der Waals surface area contributed by atoms with Crippen molar-refractivity contribution in [3.8, 4) is 0 Å². The highest BCUT2D eigenvalue weighted by molar-refractivity contribution is 7.89. The van der Waals surface area contributed by atoms with Crippen molar-refractivity contribution in [3.05, 3.63) is 53.1 Å².